The Kier molecular flexibility index (Phi) is 3.05. The second-order valence-electron chi connectivity index (χ2n) is 5.55. The van der Waals surface area contributed by atoms with Crippen molar-refractivity contribution < 1.29 is 14.7 Å². The number of aliphatic carboxylic acids is 1. The van der Waals surface area contributed by atoms with Gasteiger partial charge in [0.15, 0.2) is 5.78 Å². The van der Waals surface area contributed by atoms with E-state index in [1.807, 2.05) is 43.3 Å². The number of benzene rings is 2. The molecule has 2 aromatic rings. The van der Waals surface area contributed by atoms with Gasteiger partial charge in [-0.1, -0.05) is 43.3 Å². The summed E-state index contributed by atoms with van der Waals surface area (Å²) in [5.41, 5.74) is 1.63. The number of carbonyl (C=O) groups excluding carboxylic acids is 1. The van der Waals surface area contributed by atoms with Gasteiger partial charge >= 0.3 is 5.97 Å². The van der Waals surface area contributed by atoms with Gasteiger partial charge in [-0.2, -0.15) is 0 Å². The van der Waals surface area contributed by atoms with Crippen LogP contribution in [0.25, 0.3) is 10.8 Å². The van der Waals surface area contributed by atoms with Crippen molar-refractivity contribution in [2.45, 2.75) is 25.7 Å². The van der Waals surface area contributed by atoms with Crippen molar-refractivity contribution in [2.24, 2.45) is 5.92 Å². The highest BCUT2D eigenvalue weighted by molar-refractivity contribution is 6.11. The van der Waals surface area contributed by atoms with E-state index in [1.165, 1.54) is 0 Å². The van der Waals surface area contributed by atoms with E-state index in [-0.39, 0.29) is 24.0 Å². The SMILES string of the molecule is CC1CC(CC(=O)O)c2ccc3ccccc3c2C1=O. The van der Waals surface area contributed by atoms with Crippen molar-refractivity contribution in [3.8, 4) is 0 Å². The number of carboxylic acids is 1. The number of hydrogen-bond acceptors (Lipinski definition) is 2. The van der Waals surface area contributed by atoms with Crippen LogP contribution in [0.5, 0.6) is 0 Å². The third kappa shape index (κ3) is 1.99. The fraction of sp³-hybridized carbons (Fsp3) is 0.294. The van der Waals surface area contributed by atoms with Crippen molar-refractivity contribution in [1.29, 1.82) is 0 Å². The predicted molar refractivity (Wildman–Crippen MR) is 77.1 cm³/mol. The molecule has 0 fully saturated rings. The van der Waals surface area contributed by atoms with Crippen LogP contribution in [0.2, 0.25) is 0 Å². The molecule has 3 nitrogen and oxygen atoms in total. The maximum Gasteiger partial charge on any atom is 0.303 e. The lowest BCUT2D eigenvalue weighted by atomic mass is 9.74. The van der Waals surface area contributed by atoms with E-state index in [0.717, 1.165) is 21.9 Å². The molecule has 0 radical (unpaired) electrons. The van der Waals surface area contributed by atoms with Gasteiger partial charge in [-0.15, -0.1) is 0 Å². The van der Waals surface area contributed by atoms with Gasteiger partial charge in [-0.25, -0.2) is 0 Å². The zero-order valence-electron chi connectivity index (χ0n) is 11.3. The summed E-state index contributed by atoms with van der Waals surface area (Å²) < 4.78 is 0. The summed E-state index contributed by atoms with van der Waals surface area (Å²) in [6.45, 7) is 1.89. The maximum absolute atomic E-state index is 12.5. The van der Waals surface area contributed by atoms with Crippen molar-refractivity contribution >= 4 is 22.5 Å². The monoisotopic (exact) mass is 268 g/mol. The van der Waals surface area contributed by atoms with Crippen LogP contribution < -0.4 is 0 Å². The van der Waals surface area contributed by atoms with Crippen LogP contribution in [0.15, 0.2) is 36.4 Å². The topological polar surface area (TPSA) is 54.4 Å². The van der Waals surface area contributed by atoms with E-state index in [4.69, 9.17) is 5.11 Å². The van der Waals surface area contributed by atoms with E-state index < -0.39 is 5.97 Å². The molecule has 102 valence electrons. The second-order valence-corrected chi connectivity index (χ2v) is 5.55. The lowest BCUT2D eigenvalue weighted by Gasteiger charge is -2.28. The molecule has 0 spiro atoms. The lowest BCUT2D eigenvalue weighted by molar-refractivity contribution is -0.137. The molecule has 0 aliphatic heterocycles. The van der Waals surface area contributed by atoms with Crippen LogP contribution in [0.4, 0.5) is 0 Å². The summed E-state index contributed by atoms with van der Waals surface area (Å²) >= 11 is 0. The largest absolute Gasteiger partial charge is 0.481 e. The maximum atomic E-state index is 12.5. The molecule has 0 saturated heterocycles. The Bertz CT molecular complexity index is 702. The minimum absolute atomic E-state index is 0.0696. The summed E-state index contributed by atoms with van der Waals surface area (Å²) in [6.07, 6.45) is 0.708. The summed E-state index contributed by atoms with van der Waals surface area (Å²) in [5.74, 6) is -0.855. The summed E-state index contributed by atoms with van der Waals surface area (Å²) in [6, 6.07) is 11.7. The molecule has 2 atom stereocenters. The molecule has 0 heterocycles. The summed E-state index contributed by atoms with van der Waals surface area (Å²) in [4.78, 5) is 23.6. The Morgan fingerprint density at radius 3 is 2.75 bits per heavy atom. The van der Waals surface area contributed by atoms with E-state index in [0.29, 0.717) is 6.42 Å². The first-order valence-corrected chi connectivity index (χ1v) is 6.85. The molecule has 2 unspecified atom stereocenters. The van der Waals surface area contributed by atoms with Gasteiger partial charge in [-0.05, 0) is 28.7 Å². The lowest BCUT2D eigenvalue weighted by Crippen LogP contribution is -2.25. The first kappa shape index (κ1) is 12.9. The van der Waals surface area contributed by atoms with E-state index in [1.54, 1.807) is 0 Å². The third-order valence-electron chi connectivity index (χ3n) is 4.15. The Hall–Kier alpha value is -2.16. The van der Waals surface area contributed by atoms with Crippen LogP contribution in [0.1, 0.15) is 41.6 Å². The van der Waals surface area contributed by atoms with E-state index in [9.17, 15) is 9.59 Å². The first-order chi connectivity index (χ1) is 9.58. The number of fused-ring (bicyclic) bond motifs is 3. The average Bonchev–Trinajstić information content (AvgIpc) is 2.43. The highest BCUT2D eigenvalue weighted by Gasteiger charge is 2.33. The Morgan fingerprint density at radius 1 is 1.25 bits per heavy atom. The van der Waals surface area contributed by atoms with Crippen LogP contribution in [0, 0.1) is 5.92 Å². The van der Waals surface area contributed by atoms with Crippen LogP contribution in [0.3, 0.4) is 0 Å². The fourth-order valence-corrected chi connectivity index (χ4v) is 3.21. The van der Waals surface area contributed by atoms with E-state index >= 15 is 0 Å². The van der Waals surface area contributed by atoms with Gasteiger partial charge in [0.05, 0.1) is 6.42 Å². The number of ketones is 1. The Morgan fingerprint density at radius 2 is 2.00 bits per heavy atom. The number of carbonyl (C=O) groups is 2. The van der Waals surface area contributed by atoms with Gasteiger partial charge in [0.2, 0.25) is 0 Å². The minimum atomic E-state index is -0.810. The minimum Gasteiger partial charge on any atom is -0.481 e. The quantitative estimate of drug-likeness (QED) is 0.905. The molecule has 20 heavy (non-hydrogen) atoms. The van der Waals surface area contributed by atoms with Crippen LogP contribution >= 0.6 is 0 Å². The first-order valence-electron chi connectivity index (χ1n) is 6.85. The van der Waals surface area contributed by atoms with Crippen molar-refractivity contribution in [3.05, 3.63) is 47.5 Å². The smallest absolute Gasteiger partial charge is 0.303 e. The molecule has 2 aromatic carbocycles. The van der Waals surface area contributed by atoms with Gasteiger partial charge < -0.3 is 5.11 Å². The zero-order chi connectivity index (χ0) is 14.3. The number of Topliss-reactive ketones (excluding diaryl/α,β-unsaturated/α-hetero) is 1. The summed E-state index contributed by atoms with van der Waals surface area (Å²) in [7, 11) is 0. The zero-order valence-corrected chi connectivity index (χ0v) is 11.3. The van der Waals surface area contributed by atoms with Crippen LogP contribution in [-0.4, -0.2) is 16.9 Å². The Balaban J connectivity index is 2.23. The second kappa shape index (κ2) is 4.75. The molecule has 0 aromatic heterocycles. The van der Waals surface area contributed by atoms with Crippen molar-refractivity contribution in [3.63, 3.8) is 0 Å². The molecule has 0 saturated carbocycles. The van der Waals surface area contributed by atoms with Gasteiger partial charge in [0.1, 0.15) is 0 Å². The number of hydrogen-bond donors (Lipinski definition) is 1. The molecule has 3 heteroatoms. The molecule has 1 aliphatic rings. The predicted octanol–water partition coefficient (Wildman–Crippen LogP) is 3.62. The molecule has 0 bridgehead atoms. The van der Waals surface area contributed by atoms with Gasteiger partial charge in [0, 0.05) is 11.5 Å². The fourth-order valence-electron chi connectivity index (χ4n) is 3.21. The van der Waals surface area contributed by atoms with Crippen LogP contribution in [-0.2, 0) is 4.79 Å². The number of carboxylic acid groups (broad SMARTS) is 1. The molecule has 1 aliphatic carbocycles. The van der Waals surface area contributed by atoms with Crippen molar-refractivity contribution in [1.82, 2.24) is 0 Å². The van der Waals surface area contributed by atoms with E-state index in [2.05, 4.69) is 0 Å². The highest BCUT2D eigenvalue weighted by Crippen LogP contribution is 2.40. The normalized spacial score (nSPS) is 21.8. The van der Waals surface area contributed by atoms with Crippen molar-refractivity contribution in [2.75, 3.05) is 0 Å². The standard InChI is InChI=1S/C17H16O3/c1-10-8-12(9-15(18)19)14-7-6-11-4-2-3-5-13(11)16(14)17(10)20/h2-7,10,12H,8-9H2,1H3,(H,18,19). The molecular formula is C17H16O3. The van der Waals surface area contributed by atoms with Gasteiger partial charge in [0.25, 0.3) is 0 Å². The highest BCUT2D eigenvalue weighted by atomic mass is 16.4. The molecule has 1 N–H and O–H groups in total. The molecular weight excluding hydrogens is 252 g/mol. The third-order valence-corrected chi connectivity index (χ3v) is 4.15. The summed E-state index contributed by atoms with van der Waals surface area (Å²) in [5, 5.41) is 11.0. The molecule has 0 amide bonds. The Labute approximate surface area is 117 Å². The molecule has 3 rings (SSSR count). The van der Waals surface area contributed by atoms with Gasteiger partial charge in [-0.3, -0.25) is 9.59 Å². The number of rotatable bonds is 2. The average molecular weight is 268 g/mol.